The summed E-state index contributed by atoms with van der Waals surface area (Å²) in [6.07, 6.45) is -3.66. The number of benzene rings is 1. The van der Waals surface area contributed by atoms with E-state index < -0.39 is 56.2 Å². The molecule has 0 radical (unpaired) electrons. The molecule has 3 unspecified atom stereocenters. The normalized spacial score (nSPS) is 26.6. The summed E-state index contributed by atoms with van der Waals surface area (Å²) in [4.78, 5) is 10.8. The molecule has 2 saturated heterocycles. The van der Waals surface area contributed by atoms with Crippen LogP contribution in [0, 0.1) is 17.2 Å². The molecule has 10 heteroatoms. The van der Waals surface area contributed by atoms with E-state index in [4.69, 9.17) is 5.26 Å². The van der Waals surface area contributed by atoms with Crippen LogP contribution in [-0.2, 0) is 21.0 Å². The Balaban J connectivity index is 2.05. The van der Waals surface area contributed by atoms with Crippen molar-refractivity contribution in [1.29, 1.82) is 5.26 Å². The summed E-state index contributed by atoms with van der Waals surface area (Å²) in [5, 5.41) is 18.3. The fourth-order valence-electron chi connectivity index (χ4n) is 3.71. The first kappa shape index (κ1) is 17.7. The first-order valence-electron chi connectivity index (χ1n) is 7.45. The molecule has 3 atom stereocenters. The Hall–Kier alpha value is -2.12. The number of carbonyl (C=O) groups is 1. The van der Waals surface area contributed by atoms with Crippen molar-refractivity contribution in [1.82, 2.24) is 4.31 Å². The highest BCUT2D eigenvalue weighted by atomic mass is 32.2. The minimum absolute atomic E-state index is 0.168. The third-order valence-electron chi connectivity index (χ3n) is 4.77. The zero-order valence-electron chi connectivity index (χ0n) is 12.7. The molecule has 2 aliphatic heterocycles. The number of rotatable bonds is 3. The van der Waals surface area contributed by atoms with E-state index in [2.05, 4.69) is 0 Å². The Morgan fingerprint density at radius 3 is 2.52 bits per heavy atom. The minimum atomic E-state index is -4.70. The number of nitriles is 1. The number of alkyl halides is 3. The van der Waals surface area contributed by atoms with Crippen LogP contribution in [0.25, 0.3) is 0 Å². The van der Waals surface area contributed by atoms with Crippen molar-refractivity contribution < 1.29 is 31.5 Å². The molecule has 0 saturated carbocycles. The Bertz CT molecular complexity index is 876. The van der Waals surface area contributed by atoms with E-state index >= 15 is 0 Å². The molecule has 0 spiro atoms. The molecule has 1 aromatic rings. The van der Waals surface area contributed by atoms with Gasteiger partial charge in [0.1, 0.15) is 11.0 Å². The average Bonchev–Trinajstić information content (AvgIpc) is 3.12. The number of nitrogens with zero attached hydrogens (tertiary/aromatic N) is 2. The SMILES string of the molecule is N#Cc1cc(C(F)(F)F)ccc1S(=O)(=O)N1C2CCC1C(C(=O)O)C2. The van der Waals surface area contributed by atoms with E-state index in [1.807, 2.05) is 0 Å². The van der Waals surface area contributed by atoms with E-state index in [0.29, 0.717) is 25.0 Å². The van der Waals surface area contributed by atoms with Crippen LogP contribution < -0.4 is 0 Å². The number of fused-ring (bicyclic) bond motifs is 2. The van der Waals surface area contributed by atoms with Crippen molar-refractivity contribution in [2.75, 3.05) is 0 Å². The molecule has 3 rings (SSSR count). The van der Waals surface area contributed by atoms with Crippen LogP contribution in [0.5, 0.6) is 0 Å². The molecular formula is C15H13F3N2O4S. The van der Waals surface area contributed by atoms with Crippen molar-refractivity contribution >= 4 is 16.0 Å². The molecule has 0 aliphatic carbocycles. The van der Waals surface area contributed by atoms with Crippen LogP contribution >= 0.6 is 0 Å². The lowest BCUT2D eigenvalue weighted by molar-refractivity contribution is -0.142. The first-order chi connectivity index (χ1) is 11.6. The summed E-state index contributed by atoms with van der Waals surface area (Å²) in [7, 11) is -4.27. The molecule has 6 nitrogen and oxygen atoms in total. The summed E-state index contributed by atoms with van der Waals surface area (Å²) in [5.74, 6) is -1.94. The van der Waals surface area contributed by atoms with Gasteiger partial charge in [0.05, 0.1) is 17.0 Å². The van der Waals surface area contributed by atoms with Gasteiger partial charge in [0.25, 0.3) is 0 Å². The number of hydrogen-bond acceptors (Lipinski definition) is 4. The number of carboxylic acid groups (broad SMARTS) is 1. The maximum Gasteiger partial charge on any atom is 0.416 e. The Morgan fingerprint density at radius 1 is 1.32 bits per heavy atom. The fourth-order valence-corrected chi connectivity index (χ4v) is 5.75. The predicted octanol–water partition coefficient (Wildman–Crippen LogP) is 2.20. The molecule has 0 aromatic heterocycles. The van der Waals surface area contributed by atoms with Gasteiger partial charge in [-0.1, -0.05) is 0 Å². The van der Waals surface area contributed by atoms with E-state index in [0.717, 1.165) is 10.4 Å². The van der Waals surface area contributed by atoms with Crippen molar-refractivity contribution in [2.24, 2.45) is 5.92 Å². The summed E-state index contributed by atoms with van der Waals surface area (Å²) in [5.41, 5.74) is -1.72. The second-order valence-electron chi connectivity index (χ2n) is 6.13. The Kier molecular flexibility index (Phi) is 4.04. The molecule has 1 aromatic carbocycles. The predicted molar refractivity (Wildman–Crippen MR) is 77.7 cm³/mol. The maximum atomic E-state index is 12.9. The summed E-state index contributed by atoms with van der Waals surface area (Å²) >= 11 is 0. The molecule has 1 N–H and O–H groups in total. The molecule has 134 valence electrons. The molecular weight excluding hydrogens is 361 g/mol. The van der Waals surface area contributed by atoms with E-state index in [9.17, 15) is 31.5 Å². The fraction of sp³-hybridized carbons (Fsp3) is 0.467. The second-order valence-corrected chi connectivity index (χ2v) is 7.95. The standard InChI is InChI=1S/C15H13F3N2O4S/c16-15(17,18)9-1-4-13(8(5-9)7-19)25(23,24)20-10-2-3-12(20)11(6-10)14(21)22/h1,4-5,10-12H,2-3,6H2,(H,21,22). The minimum Gasteiger partial charge on any atom is -0.481 e. The van der Waals surface area contributed by atoms with Gasteiger partial charge in [-0.2, -0.15) is 22.7 Å². The molecule has 2 aliphatic rings. The van der Waals surface area contributed by atoms with Gasteiger partial charge in [-0.3, -0.25) is 4.79 Å². The van der Waals surface area contributed by atoms with Crippen molar-refractivity contribution in [3.8, 4) is 6.07 Å². The summed E-state index contributed by atoms with van der Waals surface area (Å²) < 4.78 is 65.2. The Morgan fingerprint density at radius 2 is 2.00 bits per heavy atom. The van der Waals surface area contributed by atoms with Crippen LogP contribution in [0.1, 0.15) is 30.4 Å². The largest absolute Gasteiger partial charge is 0.481 e. The van der Waals surface area contributed by atoms with Crippen molar-refractivity contribution in [2.45, 2.75) is 42.4 Å². The monoisotopic (exact) mass is 374 g/mol. The Labute approximate surface area is 141 Å². The lowest BCUT2D eigenvalue weighted by Gasteiger charge is -2.23. The highest BCUT2D eigenvalue weighted by molar-refractivity contribution is 7.89. The molecule has 2 heterocycles. The van der Waals surface area contributed by atoms with Crippen LogP contribution in [0.4, 0.5) is 13.2 Å². The lowest BCUT2D eigenvalue weighted by Crippen LogP contribution is -2.38. The van der Waals surface area contributed by atoms with Crippen LogP contribution in [0.3, 0.4) is 0 Å². The van der Waals surface area contributed by atoms with E-state index in [1.54, 1.807) is 0 Å². The summed E-state index contributed by atoms with van der Waals surface area (Å²) in [6, 6.07) is 2.13. The highest BCUT2D eigenvalue weighted by Crippen LogP contribution is 2.45. The zero-order chi connectivity index (χ0) is 18.6. The van der Waals surface area contributed by atoms with Gasteiger partial charge in [0.15, 0.2) is 0 Å². The molecule has 25 heavy (non-hydrogen) atoms. The van der Waals surface area contributed by atoms with Crippen molar-refractivity contribution in [3.63, 3.8) is 0 Å². The maximum absolute atomic E-state index is 12.9. The van der Waals surface area contributed by atoms with Crippen LogP contribution in [0.2, 0.25) is 0 Å². The molecule has 2 fully saturated rings. The van der Waals surface area contributed by atoms with Crippen LogP contribution in [0.15, 0.2) is 23.1 Å². The average molecular weight is 374 g/mol. The van der Waals surface area contributed by atoms with Gasteiger partial charge in [0.2, 0.25) is 10.0 Å². The molecule has 2 bridgehead atoms. The third kappa shape index (κ3) is 2.77. The van der Waals surface area contributed by atoms with Gasteiger partial charge in [-0.05, 0) is 37.5 Å². The number of hydrogen-bond donors (Lipinski definition) is 1. The number of carboxylic acids is 1. The highest BCUT2D eigenvalue weighted by Gasteiger charge is 2.54. The number of sulfonamides is 1. The topological polar surface area (TPSA) is 98.5 Å². The smallest absolute Gasteiger partial charge is 0.416 e. The van der Waals surface area contributed by atoms with Gasteiger partial charge in [-0.15, -0.1) is 0 Å². The first-order valence-corrected chi connectivity index (χ1v) is 8.89. The van der Waals surface area contributed by atoms with Gasteiger partial charge < -0.3 is 5.11 Å². The second kappa shape index (κ2) is 5.71. The van der Waals surface area contributed by atoms with E-state index in [1.165, 1.54) is 6.07 Å². The summed E-state index contributed by atoms with van der Waals surface area (Å²) in [6.45, 7) is 0. The van der Waals surface area contributed by atoms with Crippen molar-refractivity contribution in [3.05, 3.63) is 29.3 Å². The zero-order valence-corrected chi connectivity index (χ0v) is 13.5. The van der Waals surface area contributed by atoms with Gasteiger partial charge in [0, 0.05) is 12.1 Å². The van der Waals surface area contributed by atoms with E-state index in [-0.39, 0.29) is 6.42 Å². The van der Waals surface area contributed by atoms with Crippen LogP contribution in [-0.4, -0.2) is 35.9 Å². The quantitative estimate of drug-likeness (QED) is 0.875. The third-order valence-corrected chi connectivity index (χ3v) is 6.81. The molecule has 0 amide bonds. The van der Waals surface area contributed by atoms with Gasteiger partial charge >= 0.3 is 12.1 Å². The number of aliphatic carboxylic acids is 1. The van der Waals surface area contributed by atoms with Gasteiger partial charge in [-0.25, -0.2) is 8.42 Å². The number of halogens is 3. The lowest BCUT2D eigenvalue weighted by atomic mass is 9.89.